The van der Waals surface area contributed by atoms with Gasteiger partial charge in [-0.25, -0.2) is 4.98 Å². The van der Waals surface area contributed by atoms with E-state index in [1.54, 1.807) is 12.3 Å². The normalized spacial score (nSPS) is 14.5. The molecule has 0 aliphatic carbocycles. The average molecular weight is 367 g/mol. The number of hydrogen-bond donors (Lipinski definition) is 1. The summed E-state index contributed by atoms with van der Waals surface area (Å²) < 4.78 is 0. The molecule has 1 fully saturated rings. The van der Waals surface area contributed by atoms with Crippen LogP contribution in [0.3, 0.4) is 0 Å². The highest BCUT2D eigenvalue weighted by Crippen LogP contribution is 2.19. The Morgan fingerprint density at radius 3 is 2.48 bits per heavy atom. The first-order valence-corrected chi connectivity index (χ1v) is 9.57. The summed E-state index contributed by atoms with van der Waals surface area (Å²) in [5.41, 5.74) is 1.94. The van der Waals surface area contributed by atoms with Crippen LogP contribution in [-0.2, 0) is 0 Å². The van der Waals surface area contributed by atoms with Gasteiger partial charge < -0.3 is 20.0 Å². The molecule has 0 saturated carbocycles. The Morgan fingerprint density at radius 2 is 1.78 bits per heavy atom. The number of nitrogens with one attached hydrogen (secondary N) is 1. The number of hydrogen-bond acceptors (Lipinski definition) is 5. The first-order chi connectivity index (χ1) is 13.1. The van der Waals surface area contributed by atoms with Crippen molar-refractivity contribution < 1.29 is 4.79 Å². The number of carbonyl (C=O) groups excluding carboxylic acids is 1. The molecule has 3 rings (SSSR count). The maximum atomic E-state index is 12.4. The zero-order valence-electron chi connectivity index (χ0n) is 16.3. The minimum Gasteiger partial charge on any atom is -0.368 e. The molecule has 2 heterocycles. The van der Waals surface area contributed by atoms with Crippen LogP contribution in [0.2, 0.25) is 0 Å². The largest absolute Gasteiger partial charge is 0.368 e. The number of rotatable bonds is 7. The van der Waals surface area contributed by atoms with Crippen molar-refractivity contribution in [1.82, 2.24) is 15.2 Å². The van der Waals surface area contributed by atoms with Gasteiger partial charge in [0.05, 0.1) is 0 Å². The molecule has 1 N–H and O–H groups in total. The molecule has 1 saturated heterocycles. The monoisotopic (exact) mass is 367 g/mol. The van der Waals surface area contributed by atoms with Gasteiger partial charge in [0.15, 0.2) is 0 Å². The van der Waals surface area contributed by atoms with Crippen LogP contribution in [0.5, 0.6) is 0 Å². The molecule has 6 heteroatoms. The number of aromatic nitrogens is 1. The number of para-hydroxylation sites is 1. The zero-order chi connectivity index (χ0) is 19.1. The van der Waals surface area contributed by atoms with Crippen molar-refractivity contribution in [3.05, 3.63) is 54.2 Å². The first kappa shape index (κ1) is 19.2. The maximum Gasteiger partial charge on any atom is 0.251 e. The van der Waals surface area contributed by atoms with Crippen LogP contribution in [0.25, 0.3) is 0 Å². The second-order valence-electron chi connectivity index (χ2n) is 7.13. The lowest BCUT2D eigenvalue weighted by atomic mass is 10.2. The maximum absolute atomic E-state index is 12.4. The smallest absolute Gasteiger partial charge is 0.251 e. The van der Waals surface area contributed by atoms with Gasteiger partial charge in [0.25, 0.3) is 5.91 Å². The van der Waals surface area contributed by atoms with E-state index in [0.717, 1.165) is 45.0 Å². The van der Waals surface area contributed by atoms with E-state index in [2.05, 4.69) is 49.3 Å². The van der Waals surface area contributed by atoms with Gasteiger partial charge in [-0.3, -0.25) is 4.79 Å². The lowest BCUT2D eigenvalue weighted by Gasteiger charge is -2.36. The van der Waals surface area contributed by atoms with E-state index >= 15 is 0 Å². The van der Waals surface area contributed by atoms with E-state index in [0.29, 0.717) is 12.1 Å². The minimum atomic E-state index is -0.0275. The Labute approximate surface area is 161 Å². The number of benzene rings is 1. The van der Waals surface area contributed by atoms with Gasteiger partial charge in [0, 0.05) is 50.2 Å². The molecule has 1 amide bonds. The molecule has 0 bridgehead atoms. The fourth-order valence-corrected chi connectivity index (χ4v) is 3.26. The molecule has 1 aromatic heterocycles. The quantitative estimate of drug-likeness (QED) is 0.760. The van der Waals surface area contributed by atoms with Gasteiger partial charge in [0.2, 0.25) is 0 Å². The van der Waals surface area contributed by atoms with Crippen molar-refractivity contribution in [1.29, 1.82) is 0 Å². The van der Waals surface area contributed by atoms with Crippen LogP contribution in [0.15, 0.2) is 48.7 Å². The number of piperazine rings is 1. The van der Waals surface area contributed by atoms with Crippen LogP contribution >= 0.6 is 0 Å². The van der Waals surface area contributed by atoms with E-state index in [-0.39, 0.29) is 5.91 Å². The van der Waals surface area contributed by atoms with Crippen molar-refractivity contribution >= 4 is 17.4 Å². The van der Waals surface area contributed by atoms with E-state index in [4.69, 9.17) is 0 Å². The summed E-state index contributed by atoms with van der Waals surface area (Å²) in [6.45, 7) is 5.35. The van der Waals surface area contributed by atoms with E-state index < -0.39 is 0 Å². The molecule has 27 heavy (non-hydrogen) atoms. The van der Waals surface area contributed by atoms with Gasteiger partial charge >= 0.3 is 0 Å². The predicted octanol–water partition coefficient (Wildman–Crippen LogP) is 2.09. The summed E-state index contributed by atoms with van der Waals surface area (Å²) in [5, 5.41) is 2.99. The third-order valence-electron chi connectivity index (χ3n) is 4.80. The summed E-state index contributed by atoms with van der Waals surface area (Å²) in [7, 11) is 4.07. The van der Waals surface area contributed by atoms with Crippen LogP contribution < -0.4 is 15.1 Å². The fraction of sp³-hybridized carbons (Fsp3) is 0.429. The lowest BCUT2D eigenvalue weighted by Crippen LogP contribution is -2.46. The molecule has 1 aromatic carbocycles. The highest BCUT2D eigenvalue weighted by atomic mass is 16.1. The predicted molar refractivity (Wildman–Crippen MR) is 111 cm³/mol. The molecular weight excluding hydrogens is 338 g/mol. The van der Waals surface area contributed by atoms with Gasteiger partial charge in [-0.2, -0.15) is 0 Å². The minimum absolute atomic E-state index is 0.0275. The molecule has 0 radical (unpaired) electrons. The third-order valence-corrected chi connectivity index (χ3v) is 4.80. The highest BCUT2D eigenvalue weighted by Gasteiger charge is 2.19. The highest BCUT2D eigenvalue weighted by molar-refractivity contribution is 5.94. The number of anilines is 2. The number of amides is 1. The van der Waals surface area contributed by atoms with Crippen molar-refractivity contribution in [3.63, 3.8) is 0 Å². The molecule has 144 valence electrons. The summed E-state index contributed by atoms with van der Waals surface area (Å²) in [5.74, 6) is 0.851. The second-order valence-corrected chi connectivity index (χ2v) is 7.13. The Bertz CT molecular complexity index is 726. The molecule has 0 spiro atoms. The van der Waals surface area contributed by atoms with Gasteiger partial charge in [-0.1, -0.05) is 18.2 Å². The van der Waals surface area contributed by atoms with Crippen LogP contribution in [-0.4, -0.2) is 69.2 Å². The van der Waals surface area contributed by atoms with E-state index in [9.17, 15) is 4.79 Å². The third kappa shape index (κ3) is 5.44. The first-order valence-electron chi connectivity index (χ1n) is 9.57. The molecule has 6 nitrogen and oxygen atoms in total. The summed E-state index contributed by atoms with van der Waals surface area (Å²) in [6.07, 6.45) is 2.67. The van der Waals surface area contributed by atoms with E-state index in [1.165, 1.54) is 5.69 Å². The molecule has 2 aromatic rings. The van der Waals surface area contributed by atoms with Crippen molar-refractivity contribution in [3.8, 4) is 0 Å². The topological polar surface area (TPSA) is 51.7 Å². The average Bonchev–Trinajstić information content (AvgIpc) is 2.72. The SMILES string of the molecule is CN(C)CCCNC(=O)c1ccnc(N2CCN(c3ccccc3)CC2)c1. The second kappa shape index (κ2) is 9.37. The molecule has 0 atom stereocenters. The standard InChI is InChI=1S/C21H29N5O/c1-24(2)12-6-10-23-21(27)18-9-11-22-20(17-18)26-15-13-25(14-16-26)19-7-4-3-5-8-19/h3-5,7-9,11,17H,6,10,12-16H2,1-2H3,(H,23,27). The van der Waals surface area contributed by atoms with Crippen molar-refractivity contribution in [2.75, 3.05) is 63.2 Å². The van der Waals surface area contributed by atoms with Crippen LogP contribution in [0, 0.1) is 0 Å². The summed E-state index contributed by atoms with van der Waals surface area (Å²) in [6, 6.07) is 14.2. The Kier molecular flexibility index (Phi) is 6.65. The van der Waals surface area contributed by atoms with Gasteiger partial charge in [0.1, 0.15) is 5.82 Å². The van der Waals surface area contributed by atoms with Crippen LogP contribution in [0.1, 0.15) is 16.8 Å². The molecule has 0 unspecified atom stereocenters. The zero-order valence-corrected chi connectivity index (χ0v) is 16.3. The number of carbonyl (C=O) groups is 1. The molecule has 1 aliphatic heterocycles. The van der Waals surface area contributed by atoms with Gasteiger partial charge in [-0.15, -0.1) is 0 Å². The van der Waals surface area contributed by atoms with Gasteiger partial charge in [-0.05, 0) is 51.3 Å². The van der Waals surface area contributed by atoms with Crippen LogP contribution in [0.4, 0.5) is 11.5 Å². The Balaban J connectivity index is 1.54. The number of pyridine rings is 1. The van der Waals surface area contributed by atoms with Crippen molar-refractivity contribution in [2.45, 2.75) is 6.42 Å². The Hall–Kier alpha value is -2.60. The van der Waals surface area contributed by atoms with E-state index in [1.807, 2.05) is 26.2 Å². The molecular formula is C21H29N5O. The molecule has 1 aliphatic rings. The lowest BCUT2D eigenvalue weighted by molar-refractivity contribution is 0.0952. The number of nitrogens with zero attached hydrogens (tertiary/aromatic N) is 4. The fourth-order valence-electron chi connectivity index (χ4n) is 3.26. The Morgan fingerprint density at radius 1 is 1.07 bits per heavy atom. The van der Waals surface area contributed by atoms with Crippen molar-refractivity contribution in [2.24, 2.45) is 0 Å². The summed E-state index contributed by atoms with van der Waals surface area (Å²) in [4.78, 5) is 23.6. The summed E-state index contributed by atoms with van der Waals surface area (Å²) >= 11 is 0.